The maximum atomic E-state index is 6.34. The largest absolute Gasteiger partial charge is 0.381 e. The van der Waals surface area contributed by atoms with Gasteiger partial charge in [0.1, 0.15) is 0 Å². The van der Waals surface area contributed by atoms with Crippen molar-refractivity contribution in [3.8, 4) is 0 Å². The predicted molar refractivity (Wildman–Crippen MR) is 90.1 cm³/mol. The van der Waals surface area contributed by atoms with Gasteiger partial charge in [-0.1, -0.05) is 60.7 Å². The van der Waals surface area contributed by atoms with Gasteiger partial charge >= 0.3 is 0 Å². The number of hydrogen-bond acceptors (Lipinski definition) is 1. The zero-order chi connectivity index (χ0) is 14.9. The summed E-state index contributed by atoms with van der Waals surface area (Å²) in [6.07, 6.45) is 1.62. The van der Waals surface area contributed by atoms with Crippen LogP contribution in [0.15, 0.2) is 60.7 Å². The van der Waals surface area contributed by atoms with E-state index < -0.39 is 0 Å². The highest BCUT2D eigenvalue weighted by Gasteiger charge is 2.09. The molecule has 1 nitrogen and oxygen atoms in total. The van der Waals surface area contributed by atoms with Crippen LogP contribution in [0.2, 0.25) is 0 Å². The second-order valence-electron chi connectivity index (χ2n) is 4.95. The van der Waals surface area contributed by atoms with Crippen LogP contribution in [0.3, 0.4) is 0 Å². The molecule has 3 heteroatoms. The lowest BCUT2D eigenvalue weighted by Gasteiger charge is -2.12. The van der Waals surface area contributed by atoms with Crippen LogP contribution in [0.25, 0.3) is 0 Å². The second kappa shape index (κ2) is 9.09. The summed E-state index contributed by atoms with van der Waals surface area (Å²) < 4.78 is 5.65. The van der Waals surface area contributed by atoms with E-state index in [1.807, 2.05) is 60.7 Å². The maximum Gasteiger partial charge on any atom is 0.0607 e. The van der Waals surface area contributed by atoms with Crippen molar-refractivity contribution in [2.75, 3.05) is 13.2 Å². The minimum absolute atomic E-state index is 0.00659. The van der Waals surface area contributed by atoms with Crippen LogP contribution in [-0.2, 0) is 4.74 Å². The van der Waals surface area contributed by atoms with E-state index in [4.69, 9.17) is 27.9 Å². The first-order chi connectivity index (χ1) is 10.3. The van der Waals surface area contributed by atoms with Crippen LogP contribution in [-0.4, -0.2) is 13.2 Å². The van der Waals surface area contributed by atoms with Gasteiger partial charge in [0, 0.05) is 13.2 Å². The molecule has 2 aromatic rings. The minimum atomic E-state index is 0.00659. The smallest absolute Gasteiger partial charge is 0.0607 e. The second-order valence-corrected chi connectivity index (χ2v) is 6.00. The standard InChI is InChI=1S/C18H20Cl2O/c19-17(15-7-3-1-4-8-15)11-13-21-14-12-18(20)16-9-5-2-6-10-16/h1-10,17-18H,11-14H2. The number of alkyl halides is 2. The van der Waals surface area contributed by atoms with Crippen molar-refractivity contribution in [1.29, 1.82) is 0 Å². The third-order valence-corrected chi connectivity index (χ3v) is 4.29. The normalized spacial score (nSPS) is 13.8. The lowest BCUT2D eigenvalue weighted by molar-refractivity contribution is 0.128. The molecule has 0 amide bonds. The number of benzene rings is 2. The molecule has 0 saturated heterocycles. The third kappa shape index (κ3) is 5.70. The van der Waals surface area contributed by atoms with E-state index in [1.54, 1.807) is 0 Å². The van der Waals surface area contributed by atoms with Crippen molar-refractivity contribution < 1.29 is 4.74 Å². The summed E-state index contributed by atoms with van der Waals surface area (Å²) in [6.45, 7) is 1.31. The molecule has 21 heavy (non-hydrogen) atoms. The van der Waals surface area contributed by atoms with E-state index in [0.29, 0.717) is 13.2 Å². The number of hydrogen-bond donors (Lipinski definition) is 0. The third-order valence-electron chi connectivity index (χ3n) is 3.35. The molecule has 2 rings (SSSR count). The fourth-order valence-corrected chi connectivity index (χ4v) is 2.60. The van der Waals surface area contributed by atoms with E-state index in [-0.39, 0.29) is 10.8 Å². The zero-order valence-electron chi connectivity index (χ0n) is 11.9. The number of halogens is 2. The molecule has 0 aliphatic heterocycles. The first kappa shape index (κ1) is 16.4. The van der Waals surface area contributed by atoms with Crippen LogP contribution < -0.4 is 0 Å². The maximum absolute atomic E-state index is 6.34. The van der Waals surface area contributed by atoms with Crippen LogP contribution in [0.4, 0.5) is 0 Å². The Morgan fingerprint density at radius 3 is 1.43 bits per heavy atom. The topological polar surface area (TPSA) is 9.23 Å². The summed E-state index contributed by atoms with van der Waals surface area (Å²) in [5, 5.41) is 0.0132. The Labute approximate surface area is 136 Å². The van der Waals surface area contributed by atoms with E-state index in [1.165, 1.54) is 0 Å². The SMILES string of the molecule is ClC(CCOCCC(Cl)c1ccccc1)c1ccccc1. The van der Waals surface area contributed by atoms with Crippen molar-refractivity contribution in [2.45, 2.75) is 23.6 Å². The van der Waals surface area contributed by atoms with Gasteiger partial charge in [-0.25, -0.2) is 0 Å². The average molecular weight is 323 g/mol. The zero-order valence-corrected chi connectivity index (χ0v) is 13.4. The van der Waals surface area contributed by atoms with Gasteiger partial charge in [0.15, 0.2) is 0 Å². The lowest BCUT2D eigenvalue weighted by atomic mass is 10.1. The van der Waals surface area contributed by atoms with Gasteiger partial charge in [-0.05, 0) is 24.0 Å². The molecule has 0 aliphatic carbocycles. The molecule has 0 spiro atoms. The molecule has 0 bridgehead atoms. The molecule has 2 aromatic carbocycles. The Bertz CT molecular complexity index is 454. The predicted octanol–water partition coefficient (Wildman–Crippen LogP) is 5.74. The molecular formula is C18H20Cl2O. The van der Waals surface area contributed by atoms with Gasteiger partial charge in [-0.2, -0.15) is 0 Å². The fraction of sp³-hybridized carbons (Fsp3) is 0.333. The monoisotopic (exact) mass is 322 g/mol. The minimum Gasteiger partial charge on any atom is -0.381 e. The molecule has 0 N–H and O–H groups in total. The van der Waals surface area contributed by atoms with Crippen LogP contribution in [0, 0.1) is 0 Å². The fourth-order valence-electron chi connectivity index (χ4n) is 2.13. The van der Waals surface area contributed by atoms with Crippen molar-refractivity contribution in [3.05, 3.63) is 71.8 Å². The molecule has 0 fully saturated rings. The first-order valence-electron chi connectivity index (χ1n) is 7.23. The molecule has 0 saturated carbocycles. The summed E-state index contributed by atoms with van der Waals surface area (Å²) in [6, 6.07) is 20.2. The van der Waals surface area contributed by atoms with Gasteiger partial charge in [-0.15, -0.1) is 23.2 Å². The Balaban J connectivity index is 1.62. The quantitative estimate of drug-likeness (QED) is 0.444. The Morgan fingerprint density at radius 2 is 1.05 bits per heavy atom. The summed E-state index contributed by atoms with van der Waals surface area (Å²) in [5.74, 6) is 0. The molecular weight excluding hydrogens is 303 g/mol. The number of ether oxygens (including phenoxy) is 1. The Hall–Kier alpha value is -1.02. The summed E-state index contributed by atoms with van der Waals surface area (Å²) in [7, 11) is 0. The van der Waals surface area contributed by atoms with E-state index >= 15 is 0 Å². The summed E-state index contributed by atoms with van der Waals surface area (Å²) >= 11 is 12.7. The van der Waals surface area contributed by atoms with Crippen LogP contribution in [0.5, 0.6) is 0 Å². The summed E-state index contributed by atoms with van der Waals surface area (Å²) in [4.78, 5) is 0. The summed E-state index contributed by atoms with van der Waals surface area (Å²) in [5.41, 5.74) is 2.28. The van der Waals surface area contributed by atoms with Crippen LogP contribution in [0.1, 0.15) is 34.7 Å². The molecule has 0 aliphatic rings. The van der Waals surface area contributed by atoms with Gasteiger partial charge < -0.3 is 4.74 Å². The molecule has 0 radical (unpaired) electrons. The molecule has 0 heterocycles. The van der Waals surface area contributed by atoms with Gasteiger partial charge in [0.25, 0.3) is 0 Å². The van der Waals surface area contributed by atoms with E-state index in [9.17, 15) is 0 Å². The highest BCUT2D eigenvalue weighted by molar-refractivity contribution is 6.21. The van der Waals surface area contributed by atoms with Gasteiger partial charge in [0.2, 0.25) is 0 Å². The van der Waals surface area contributed by atoms with Crippen LogP contribution >= 0.6 is 23.2 Å². The molecule has 112 valence electrons. The van der Waals surface area contributed by atoms with Crippen molar-refractivity contribution in [1.82, 2.24) is 0 Å². The van der Waals surface area contributed by atoms with Crippen molar-refractivity contribution in [2.24, 2.45) is 0 Å². The molecule has 0 aromatic heterocycles. The highest BCUT2D eigenvalue weighted by atomic mass is 35.5. The highest BCUT2D eigenvalue weighted by Crippen LogP contribution is 2.25. The average Bonchev–Trinajstić information content (AvgIpc) is 2.55. The van der Waals surface area contributed by atoms with Crippen molar-refractivity contribution in [3.63, 3.8) is 0 Å². The van der Waals surface area contributed by atoms with Gasteiger partial charge in [0.05, 0.1) is 10.8 Å². The van der Waals surface area contributed by atoms with Gasteiger partial charge in [-0.3, -0.25) is 0 Å². The Morgan fingerprint density at radius 1 is 0.667 bits per heavy atom. The lowest BCUT2D eigenvalue weighted by Crippen LogP contribution is -2.03. The van der Waals surface area contributed by atoms with E-state index in [0.717, 1.165) is 24.0 Å². The molecule has 2 atom stereocenters. The van der Waals surface area contributed by atoms with E-state index in [2.05, 4.69) is 0 Å². The molecule has 2 unspecified atom stereocenters. The first-order valence-corrected chi connectivity index (χ1v) is 8.10. The Kier molecular flexibility index (Phi) is 7.08. The van der Waals surface area contributed by atoms with Crippen molar-refractivity contribution >= 4 is 23.2 Å². The number of rotatable bonds is 8.